The van der Waals surface area contributed by atoms with Crippen LogP contribution in [0.15, 0.2) is 29.6 Å². The molecule has 30 heavy (non-hydrogen) atoms. The Morgan fingerprint density at radius 1 is 1.23 bits per heavy atom. The topological polar surface area (TPSA) is 71.5 Å². The van der Waals surface area contributed by atoms with Crippen molar-refractivity contribution in [3.8, 4) is 17.0 Å². The van der Waals surface area contributed by atoms with E-state index in [2.05, 4.69) is 15.0 Å². The lowest BCUT2D eigenvalue weighted by molar-refractivity contribution is -0.142. The Bertz CT molecular complexity index is 903. The number of ether oxygens (including phenoxy) is 1. The van der Waals surface area contributed by atoms with Crippen molar-refractivity contribution in [2.45, 2.75) is 40.2 Å². The summed E-state index contributed by atoms with van der Waals surface area (Å²) in [7, 11) is 0. The number of amides is 2. The van der Waals surface area contributed by atoms with Crippen molar-refractivity contribution in [2.24, 2.45) is 11.3 Å². The van der Waals surface area contributed by atoms with Crippen molar-refractivity contribution in [3.05, 3.63) is 29.6 Å². The second-order valence-corrected chi connectivity index (χ2v) is 9.08. The highest BCUT2D eigenvalue weighted by molar-refractivity contribution is 7.14. The van der Waals surface area contributed by atoms with Crippen LogP contribution in [0.3, 0.4) is 0 Å². The van der Waals surface area contributed by atoms with Crippen molar-refractivity contribution in [1.82, 2.24) is 9.88 Å². The zero-order valence-corrected chi connectivity index (χ0v) is 18.0. The number of alkyl halides is 2. The standard InChI is InChI=1S/C21H25F2N3O3S/c1-21(2,3)18(28)26-10-8-13(9-11-26)17(27)25-20-24-15(12-30-20)14-6-4-5-7-16(14)29-19(22)23/h4-7,12-13,19H,8-11H2,1-3H3,(H,24,25,27). The molecular weight excluding hydrogens is 412 g/mol. The highest BCUT2D eigenvalue weighted by Gasteiger charge is 2.32. The molecule has 0 atom stereocenters. The summed E-state index contributed by atoms with van der Waals surface area (Å²) in [6, 6.07) is 6.40. The minimum absolute atomic E-state index is 0.0339. The number of para-hydroxylation sites is 1. The molecule has 1 fully saturated rings. The molecule has 0 radical (unpaired) electrons. The Morgan fingerprint density at radius 3 is 2.53 bits per heavy atom. The molecule has 2 amide bonds. The molecule has 1 aliphatic rings. The van der Waals surface area contributed by atoms with Gasteiger partial charge in [-0.15, -0.1) is 11.3 Å². The van der Waals surface area contributed by atoms with Gasteiger partial charge in [-0.1, -0.05) is 32.9 Å². The summed E-state index contributed by atoms with van der Waals surface area (Å²) in [5.74, 6) is -0.214. The van der Waals surface area contributed by atoms with E-state index >= 15 is 0 Å². The van der Waals surface area contributed by atoms with E-state index in [1.54, 1.807) is 23.6 Å². The molecule has 162 valence electrons. The van der Waals surface area contributed by atoms with Gasteiger partial charge in [0.2, 0.25) is 11.8 Å². The van der Waals surface area contributed by atoms with Gasteiger partial charge in [-0.25, -0.2) is 4.98 Å². The van der Waals surface area contributed by atoms with Gasteiger partial charge in [0, 0.05) is 35.4 Å². The number of anilines is 1. The number of piperidine rings is 1. The van der Waals surface area contributed by atoms with Gasteiger partial charge in [-0.05, 0) is 25.0 Å². The van der Waals surface area contributed by atoms with Crippen LogP contribution in [-0.4, -0.2) is 41.4 Å². The first-order chi connectivity index (χ1) is 14.1. The van der Waals surface area contributed by atoms with E-state index in [4.69, 9.17) is 0 Å². The predicted molar refractivity (Wildman–Crippen MR) is 112 cm³/mol. The largest absolute Gasteiger partial charge is 0.434 e. The van der Waals surface area contributed by atoms with Gasteiger partial charge >= 0.3 is 6.61 Å². The fourth-order valence-corrected chi connectivity index (χ4v) is 4.07. The zero-order chi connectivity index (χ0) is 21.9. The Hall–Kier alpha value is -2.55. The van der Waals surface area contributed by atoms with E-state index in [1.807, 2.05) is 25.7 Å². The Morgan fingerprint density at radius 2 is 1.90 bits per heavy atom. The van der Waals surface area contributed by atoms with Crippen LogP contribution in [0.5, 0.6) is 5.75 Å². The molecule has 3 rings (SSSR count). The number of benzene rings is 1. The molecule has 1 saturated heterocycles. The third-order valence-corrected chi connectivity index (χ3v) is 5.67. The Kier molecular flexibility index (Phi) is 6.70. The first kappa shape index (κ1) is 22.1. The maximum Gasteiger partial charge on any atom is 0.387 e. The van der Waals surface area contributed by atoms with Crippen LogP contribution in [0.4, 0.5) is 13.9 Å². The van der Waals surface area contributed by atoms with E-state index < -0.39 is 12.0 Å². The van der Waals surface area contributed by atoms with Gasteiger partial charge in [-0.3, -0.25) is 9.59 Å². The van der Waals surface area contributed by atoms with Crippen LogP contribution in [0.1, 0.15) is 33.6 Å². The minimum Gasteiger partial charge on any atom is -0.434 e. The molecule has 6 nitrogen and oxygen atoms in total. The molecule has 9 heteroatoms. The first-order valence-electron chi connectivity index (χ1n) is 9.75. The minimum atomic E-state index is -2.93. The number of aromatic nitrogens is 1. The van der Waals surface area contributed by atoms with Crippen molar-refractivity contribution >= 4 is 28.3 Å². The van der Waals surface area contributed by atoms with E-state index in [0.29, 0.717) is 42.3 Å². The highest BCUT2D eigenvalue weighted by Crippen LogP contribution is 2.33. The van der Waals surface area contributed by atoms with E-state index in [1.165, 1.54) is 17.4 Å². The smallest absolute Gasteiger partial charge is 0.387 e. The lowest BCUT2D eigenvalue weighted by Gasteiger charge is -2.35. The van der Waals surface area contributed by atoms with Crippen LogP contribution < -0.4 is 10.1 Å². The summed E-state index contributed by atoms with van der Waals surface area (Å²) >= 11 is 1.22. The Labute approximate surface area is 178 Å². The number of hydrogen-bond donors (Lipinski definition) is 1. The van der Waals surface area contributed by atoms with Crippen molar-refractivity contribution < 1.29 is 23.1 Å². The van der Waals surface area contributed by atoms with Crippen LogP contribution >= 0.6 is 11.3 Å². The van der Waals surface area contributed by atoms with E-state index in [0.717, 1.165) is 0 Å². The maximum atomic E-state index is 12.6. The molecule has 0 saturated carbocycles. The predicted octanol–water partition coefficient (Wildman–Crippen LogP) is 4.63. The number of nitrogens with zero attached hydrogens (tertiary/aromatic N) is 2. The molecule has 0 aliphatic carbocycles. The number of carbonyl (C=O) groups is 2. The first-order valence-corrected chi connectivity index (χ1v) is 10.6. The second kappa shape index (κ2) is 9.07. The maximum absolute atomic E-state index is 12.6. The second-order valence-electron chi connectivity index (χ2n) is 8.22. The van der Waals surface area contributed by atoms with Gasteiger partial charge < -0.3 is 15.0 Å². The van der Waals surface area contributed by atoms with Gasteiger partial charge in [-0.2, -0.15) is 8.78 Å². The summed E-state index contributed by atoms with van der Waals surface area (Å²) < 4.78 is 29.8. The fourth-order valence-electron chi connectivity index (χ4n) is 3.36. The monoisotopic (exact) mass is 437 g/mol. The average Bonchev–Trinajstić information content (AvgIpc) is 3.15. The number of likely N-dealkylation sites (tertiary alicyclic amines) is 1. The van der Waals surface area contributed by atoms with Gasteiger partial charge in [0.1, 0.15) is 5.75 Å². The number of nitrogens with one attached hydrogen (secondary N) is 1. The van der Waals surface area contributed by atoms with Gasteiger partial charge in [0.15, 0.2) is 5.13 Å². The summed E-state index contributed by atoms with van der Waals surface area (Å²) in [5.41, 5.74) is 0.456. The molecule has 1 aliphatic heterocycles. The third kappa shape index (κ3) is 5.33. The summed E-state index contributed by atoms with van der Waals surface area (Å²) in [6.07, 6.45) is 1.19. The lowest BCUT2D eigenvalue weighted by atomic mass is 9.91. The molecular formula is C21H25F2N3O3S. The SMILES string of the molecule is CC(C)(C)C(=O)N1CCC(C(=O)Nc2nc(-c3ccccc3OC(F)F)cs2)CC1. The van der Waals surface area contributed by atoms with Gasteiger partial charge in [0.05, 0.1) is 5.69 Å². The number of hydrogen-bond acceptors (Lipinski definition) is 5. The molecule has 1 aromatic carbocycles. The van der Waals surface area contributed by atoms with E-state index in [9.17, 15) is 18.4 Å². The van der Waals surface area contributed by atoms with Crippen LogP contribution in [0.25, 0.3) is 11.3 Å². The average molecular weight is 438 g/mol. The van der Waals surface area contributed by atoms with Crippen molar-refractivity contribution in [1.29, 1.82) is 0 Å². The molecule has 1 aromatic heterocycles. The molecule has 0 unspecified atom stereocenters. The molecule has 2 heterocycles. The van der Waals surface area contributed by atoms with Crippen molar-refractivity contribution in [2.75, 3.05) is 18.4 Å². The lowest BCUT2D eigenvalue weighted by Crippen LogP contribution is -2.45. The normalized spacial score (nSPS) is 15.3. The summed E-state index contributed by atoms with van der Waals surface area (Å²) in [4.78, 5) is 31.2. The zero-order valence-electron chi connectivity index (χ0n) is 17.2. The quantitative estimate of drug-likeness (QED) is 0.740. The van der Waals surface area contributed by atoms with E-state index in [-0.39, 0.29) is 23.5 Å². The number of carbonyl (C=O) groups excluding carboxylic acids is 2. The number of halogens is 2. The molecule has 0 bridgehead atoms. The molecule has 2 aromatic rings. The van der Waals surface area contributed by atoms with Crippen molar-refractivity contribution in [3.63, 3.8) is 0 Å². The number of rotatable bonds is 5. The van der Waals surface area contributed by atoms with Gasteiger partial charge in [0.25, 0.3) is 0 Å². The van der Waals surface area contributed by atoms with Crippen LogP contribution in [-0.2, 0) is 9.59 Å². The fraction of sp³-hybridized carbons (Fsp3) is 0.476. The van der Waals surface area contributed by atoms with Crippen LogP contribution in [0, 0.1) is 11.3 Å². The Balaban J connectivity index is 1.61. The third-order valence-electron chi connectivity index (χ3n) is 4.91. The summed E-state index contributed by atoms with van der Waals surface area (Å²) in [5, 5.41) is 4.90. The van der Waals surface area contributed by atoms with Crippen LogP contribution in [0.2, 0.25) is 0 Å². The summed E-state index contributed by atoms with van der Waals surface area (Å²) in [6.45, 7) is 3.83. The molecule has 0 spiro atoms. The highest BCUT2D eigenvalue weighted by atomic mass is 32.1. The molecule has 1 N–H and O–H groups in total. The number of thiazole rings is 1.